The first-order valence-corrected chi connectivity index (χ1v) is 8.21. The quantitative estimate of drug-likeness (QED) is 0.232. The molecule has 136 valence electrons. The SMILES string of the molecule is C[C@]1(C(=O)OCC(=O)NCCNc2ccc([N+](=O)[O-])cc2)CC1(Cl)Cl. The van der Waals surface area contributed by atoms with Crippen molar-refractivity contribution in [1.29, 1.82) is 0 Å². The van der Waals surface area contributed by atoms with Crippen LogP contribution >= 0.6 is 23.2 Å². The lowest BCUT2D eigenvalue weighted by Gasteiger charge is -2.12. The van der Waals surface area contributed by atoms with Gasteiger partial charge in [-0.2, -0.15) is 0 Å². The number of hydrogen-bond acceptors (Lipinski definition) is 6. The van der Waals surface area contributed by atoms with Gasteiger partial charge in [0.05, 0.1) is 4.92 Å². The number of rotatable bonds is 8. The number of nitrogens with one attached hydrogen (secondary N) is 2. The van der Waals surface area contributed by atoms with E-state index < -0.39 is 33.2 Å². The summed E-state index contributed by atoms with van der Waals surface area (Å²) < 4.78 is 3.78. The molecular weight excluding hydrogens is 373 g/mol. The molecule has 0 aliphatic heterocycles. The van der Waals surface area contributed by atoms with Gasteiger partial charge in [-0.1, -0.05) is 0 Å². The molecule has 0 saturated heterocycles. The topological polar surface area (TPSA) is 111 Å². The molecule has 1 atom stereocenters. The van der Waals surface area contributed by atoms with Crippen LogP contribution in [0.15, 0.2) is 24.3 Å². The molecule has 1 fully saturated rings. The lowest BCUT2D eigenvalue weighted by atomic mass is 10.1. The van der Waals surface area contributed by atoms with E-state index in [1.807, 2.05) is 0 Å². The van der Waals surface area contributed by atoms with Gasteiger partial charge in [0.2, 0.25) is 0 Å². The molecular formula is C15H17Cl2N3O5. The Labute approximate surface area is 154 Å². The molecule has 25 heavy (non-hydrogen) atoms. The highest BCUT2D eigenvalue weighted by Gasteiger charge is 2.69. The second kappa shape index (κ2) is 7.45. The predicted molar refractivity (Wildman–Crippen MR) is 92.7 cm³/mol. The van der Waals surface area contributed by atoms with Crippen molar-refractivity contribution in [2.75, 3.05) is 25.0 Å². The number of amides is 1. The van der Waals surface area contributed by atoms with E-state index in [-0.39, 0.29) is 5.69 Å². The molecule has 0 unspecified atom stereocenters. The van der Waals surface area contributed by atoms with E-state index in [1.165, 1.54) is 12.1 Å². The molecule has 2 rings (SSSR count). The van der Waals surface area contributed by atoms with E-state index in [4.69, 9.17) is 27.9 Å². The molecule has 1 aliphatic carbocycles. The minimum absolute atomic E-state index is 0.00272. The fourth-order valence-corrected chi connectivity index (χ4v) is 2.76. The Balaban J connectivity index is 1.62. The maximum Gasteiger partial charge on any atom is 0.315 e. The zero-order valence-electron chi connectivity index (χ0n) is 13.4. The summed E-state index contributed by atoms with van der Waals surface area (Å²) in [7, 11) is 0. The number of halogens is 2. The number of nitro groups is 1. The molecule has 1 aliphatic rings. The van der Waals surface area contributed by atoms with E-state index in [1.54, 1.807) is 19.1 Å². The van der Waals surface area contributed by atoms with Crippen molar-refractivity contribution < 1.29 is 19.2 Å². The molecule has 10 heteroatoms. The molecule has 0 bridgehead atoms. The summed E-state index contributed by atoms with van der Waals surface area (Å²) in [6, 6.07) is 5.91. The van der Waals surface area contributed by atoms with Crippen LogP contribution in [0.3, 0.4) is 0 Å². The van der Waals surface area contributed by atoms with Crippen molar-refractivity contribution in [3.8, 4) is 0 Å². The van der Waals surface area contributed by atoms with Gasteiger partial charge in [0, 0.05) is 37.3 Å². The van der Waals surface area contributed by atoms with E-state index >= 15 is 0 Å². The molecule has 0 radical (unpaired) electrons. The minimum Gasteiger partial charge on any atom is -0.455 e. The number of alkyl halides is 2. The predicted octanol–water partition coefficient (Wildman–Crippen LogP) is 2.25. The summed E-state index contributed by atoms with van der Waals surface area (Å²) >= 11 is 11.7. The van der Waals surface area contributed by atoms with Crippen LogP contribution in [0.4, 0.5) is 11.4 Å². The van der Waals surface area contributed by atoms with E-state index in [9.17, 15) is 19.7 Å². The highest BCUT2D eigenvalue weighted by molar-refractivity contribution is 6.53. The summed E-state index contributed by atoms with van der Waals surface area (Å²) in [5.41, 5.74) is -0.273. The summed E-state index contributed by atoms with van der Waals surface area (Å²) in [5.74, 6) is -1.05. The molecule has 0 aromatic heterocycles. The first-order valence-electron chi connectivity index (χ1n) is 7.46. The van der Waals surface area contributed by atoms with Gasteiger partial charge in [0.25, 0.3) is 11.6 Å². The Morgan fingerprint density at radius 3 is 2.40 bits per heavy atom. The van der Waals surface area contributed by atoms with Crippen LogP contribution in [0.25, 0.3) is 0 Å². The molecule has 1 aromatic rings. The van der Waals surface area contributed by atoms with Crippen LogP contribution in [0.2, 0.25) is 0 Å². The number of non-ortho nitro benzene ring substituents is 1. The van der Waals surface area contributed by atoms with Gasteiger partial charge >= 0.3 is 5.97 Å². The van der Waals surface area contributed by atoms with E-state index in [0.717, 1.165) is 0 Å². The number of benzene rings is 1. The molecule has 1 saturated carbocycles. The highest BCUT2D eigenvalue weighted by atomic mass is 35.5. The Kier molecular flexibility index (Phi) is 5.74. The first-order chi connectivity index (χ1) is 11.7. The number of nitrogens with zero attached hydrogens (tertiary/aromatic N) is 1. The van der Waals surface area contributed by atoms with Gasteiger partial charge in [-0.3, -0.25) is 19.7 Å². The maximum atomic E-state index is 11.8. The number of anilines is 1. The van der Waals surface area contributed by atoms with E-state index in [2.05, 4.69) is 10.6 Å². The second-order valence-corrected chi connectivity index (χ2v) is 7.35. The monoisotopic (exact) mass is 389 g/mol. The van der Waals surface area contributed by atoms with Crippen LogP contribution in [0.5, 0.6) is 0 Å². The molecule has 8 nitrogen and oxygen atoms in total. The Morgan fingerprint density at radius 2 is 1.88 bits per heavy atom. The number of nitro benzene ring substituents is 1. The van der Waals surface area contributed by atoms with Gasteiger partial charge < -0.3 is 15.4 Å². The Hall–Kier alpha value is -2.06. The molecule has 1 amide bonds. The van der Waals surface area contributed by atoms with Gasteiger partial charge in [-0.15, -0.1) is 23.2 Å². The second-order valence-electron chi connectivity index (χ2n) is 5.87. The van der Waals surface area contributed by atoms with Crippen LogP contribution < -0.4 is 10.6 Å². The third-order valence-corrected chi connectivity index (χ3v) is 5.00. The molecule has 0 spiro atoms. The largest absolute Gasteiger partial charge is 0.455 e. The third-order valence-electron chi connectivity index (χ3n) is 3.90. The fraction of sp³-hybridized carbons (Fsp3) is 0.467. The Bertz CT molecular complexity index is 680. The number of ether oxygens (including phenoxy) is 1. The van der Waals surface area contributed by atoms with Crippen molar-refractivity contribution in [3.63, 3.8) is 0 Å². The van der Waals surface area contributed by atoms with Gasteiger partial charge in [0.1, 0.15) is 9.75 Å². The standard InChI is InChI=1S/C15H17Cl2N3O5/c1-14(9-15(14,16)17)13(22)25-8-12(21)19-7-6-18-10-2-4-11(5-3-10)20(23)24/h2-5,18H,6-9H2,1H3,(H,19,21)/t14-/m1/s1. The van der Waals surface area contributed by atoms with Gasteiger partial charge in [0.15, 0.2) is 6.61 Å². The summed E-state index contributed by atoms with van der Waals surface area (Å²) in [6.45, 7) is 1.87. The normalized spacial score (nSPS) is 20.4. The lowest BCUT2D eigenvalue weighted by molar-refractivity contribution is -0.384. The summed E-state index contributed by atoms with van der Waals surface area (Å²) in [4.78, 5) is 33.5. The van der Waals surface area contributed by atoms with E-state index in [0.29, 0.717) is 25.2 Å². The van der Waals surface area contributed by atoms with Crippen LogP contribution in [0, 0.1) is 15.5 Å². The molecule has 2 N–H and O–H groups in total. The van der Waals surface area contributed by atoms with Crippen molar-refractivity contribution in [2.24, 2.45) is 5.41 Å². The third kappa shape index (κ3) is 4.73. The van der Waals surface area contributed by atoms with Crippen LogP contribution in [0.1, 0.15) is 13.3 Å². The van der Waals surface area contributed by atoms with Gasteiger partial charge in [-0.25, -0.2) is 0 Å². The van der Waals surface area contributed by atoms with Crippen molar-refractivity contribution in [2.45, 2.75) is 17.7 Å². The summed E-state index contributed by atoms with van der Waals surface area (Å²) in [5, 5.41) is 16.1. The highest BCUT2D eigenvalue weighted by Crippen LogP contribution is 2.64. The number of carbonyl (C=O) groups excluding carboxylic acids is 2. The van der Waals surface area contributed by atoms with Crippen LogP contribution in [-0.2, 0) is 14.3 Å². The zero-order chi connectivity index (χ0) is 18.7. The summed E-state index contributed by atoms with van der Waals surface area (Å²) in [6.07, 6.45) is 0.294. The number of esters is 1. The van der Waals surface area contributed by atoms with Crippen molar-refractivity contribution >= 4 is 46.5 Å². The molecule has 0 heterocycles. The lowest BCUT2D eigenvalue weighted by Crippen LogP contribution is -2.34. The van der Waals surface area contributed by atoms with Crippen LogP contribution in [-0.4, -0.2) is 40.8 Å². The Morgan fingerprint density at radius 1 is 1.28 bits per heavy atom. The minimum atomic E-state index is -1.13. The number of hydrogen-bond donors (Lipinski definition) is 2. The van der Waals surface area contributed by atoms with Gasteiger partial charge in [-0.05, 0) is 19.1 Å². The molecule has 1 aromatic carbocycles. The average molecular weight is 390 g/mol. The smallest absolute Gasteiger partial charge is 0.315 e. The van der Waals surface area contributed by atoms with Crippen molar-refractivity contribution in [3.05, 3.63) is 34.4 Å². The zero-order valence-corrected chi connectivity index (χ0v) is 14.9. The maximum absolute atomic E-state index is 11.8. The van der Waals surface area contributed by atoms with Crippen molar-refractivity contribution in [1.82, 2.24) is 5.32 Å². The average Bonchev–Trinajstić information content (AvgIpc) is 3.09. The fourth-order valence-electron chi connectivity index (χ4n) is 2.07. The number of carbonyl (C=O) groups is 2. The first kappa shape index (κ1) is 19.3.